The molecule has 3 aromatic rings. The van der Waals surface area contributed by atoms with E-state index in [2.05, 4.69) is 5.43 Å². The highest BCUT2D eigenvalue weighted by molar-refractivity contribution is 6.23. The second-order valence-corrected chi connectivity index (χ2v) is 7.95. The Morgan fingerprint density at radius 2 is 1.66 bits per heavy atom. The lowest BCUT2D eigenvalue weighted by Gasteiger charge is -2.28. The van der Waals surface area contributed by atoms with Crippen LogP contribution in [0.1, 0.15) is 32.7 Å². The summed E-state index contributed by atoms with van der Waals surface area (Å²) in [6.07, 6.45) is -0.370. The summed E-state index contributed by atoms with van der Waals surface area (Å²) in [4.78, 5) is 53.6. The molecule has 178 valence electrons. The van der Waals surface area contributed by atoms with Crippen LogP contribution in [0.25, 0.3) is 0 Å². The first-order valence-electron chi connectivity index (χ1n) is 10.8. The summed E-state index contributed by atoms with van der Waals surface area (Å²) in [5.41, 5.74) is 3.97. The number of benzene rings is 3. The van der Waals surface area contributed by atoms with Crippen molar-refractivity contribution in [2.45, 2.75) is 19.4 Å². The minimum atomic E-state index is -1.32. The van der Waals surface area contributed by atoms with Gasteiger partial charge in [0.2, 0.25) is 5.91 Å². The average molecular weight is 475 g/mol. The summed E-state index contributed by atoms with van der Waals surface area (Å²) in [5, 5.41) is 0.865. The molecule has 35 heavy (non-hydrogen) atoms. The summed E-state index contributed by atoms with van der Waals surface area (Å²) < 4.78 is 18.6. The molecular weight excluding hydrogens is 453 g/mol. The summed E-state index contributed by atoms with van der Waals surface area (Å²) >= 11 is 0. The van der Waals surface area contributed by atoms with E-state index in [9.17, 15) is 23.6 Å². The second kappa shape index (κ2) is 9.76. The van der Waals surface area contributed by atoms with Crippen LogP contribution in [0.15, 0.2) is 72.8 Å². The number of ether oxygens (including phenoxy) is 1. The number of carbonyl (C=O) groups is 4. The maximum atomic E-state index is 13.6. The van der Waals surface area contributed by atoms with Gasteiger partial charge in [0.15, 0.2) is 0 Å². The molecule has 1 aliphatic heterocycles. The Balaban J connectivity index is 1.70. The first-order chi connectivity index (χ1) is 16.8. The van der Waals surface area contributed by atoms with E-state index in [-0.39, 0.29) is 29.0 Å². The average Bonchev–Trinajstić information content (AvgIpc) is 3.16. The third-order valence-corrected chi connectivity index (χ3v) is 5.61. The molecule has 9 heteroatoms. The molecule has 0 spiro atoms. The van der Waals surface area contributed by atoms with Gasteiger partial charge in [-0.2, -0.15) is 0 Å². The van der Waals surface area contributed by atoms with E-state index in [1.54, 1.807) is 42.5 Å². The smallest absolute Gasteiger partial charge is 0.276 e. The van der Waals surface area contributed by atoms with Gasteiger partial charge in [0.05, 0.1) is 24.8 Å². The SMILES string of the molecule is COc1ccccc1C(=O)N(NC(=O)c1ccc(C)cc1)C1CC(=O)N(c2ccc(F)cc2)C1=O. The molecule has 0 radical (unpaired) electrons. The van der Waals surface area contributed by atoms with E-state index < -0.39 is 35.5 Å². The number of rotatable bonds is 5. The van der Waals surface area contributed by atoms with Gasteiger partial charge in [-0.05, 0) is 55.5 Å². The number of anilines is 1. The summed E-state index contributed by atoms with van der Waals surface area (Å²) in [6, 6.07) is 16.5. The highest BCUT2D eigenvalue weighted by Gasteiger charge is 2.46. The van der Waals surface area contributed by atoms with Crippen LogP contribution in [-0.4, -0.2) is 41.8 Å². The molecule has 3 aromatic carbocycles. The lowest BCUT2D eigenvalue weighted by Crippen LogP contribution is -2.54. The first kappa shape index (κ1) is 23.6. The standard InChI is InChI=1S/C26H22FN3O5/c1-16-7-9-17(10-8-16)24(32)28-30(25(33)20-5-3-4-6-22(20)35-2)21-15-23(31)29(26(21)34)19-13-11-18(27)12-14-19/h3-14,21H,15H2,1-2H3,(H,28,32). The van der Waals surface area contributed by atoms with Crippen LogP contribution in [-0.2, 0) is 9.59 Å². The van der Waals surface area contributed by atoms with Crippen molar-refractivity contribution < 1.29 is 28.3 Å². The highest BCUT2D eigenvalue weighted by Crippen LogP contribution is 2.28. The van der Waals surface area contributed by atoms with Crippen molar-refractivity contribution in [2.24, 2.45) is 0 Å². The van der Waals surface area contributed by atoms with E-state index in [1.165, 1.54) is 25.3 Å². The van der Waals surface area contributed by atoms with Crippen LogP contribution < -0.4 is 15.1 Å². The van der Waals surface area contributed by atoms with E-state index >= 15 is 0 Å². The monoisotopic (exact) mass is 475 g/mol. The van der Waals surface area contributed by atoms with E-state index in [1.807, 2.05) is 6.92 Å². The van der Waals surface area contributed by atoms with Gasteiger partial charge in [-0.15, -0.1) is 0 Å². The zero-order chi connectivity index (χ0) is 25.1. The molecule has 0 aromatic heterocycles. The molecule has 1 atom stereocenters. The minimum Gasteiger partial charge on any atom is -0.496 e. The van der Waals surface area contributed by atoms with Crippen LogP contribution in [0.3, 0.4) is 0 Å². The van der Waals surface area contributed by atoms with Crippen molar-refractivity contribution in [1.82, 2.24) is 10.4 Å². The molecule has 0 saturated carbocycles. The predicted octanol–water partition coefficient (Wildman–Crippen LogP) is 3.26. The number of methoxy groups -OCH3 is 1. The Morgan fingerprint density at radius 1 is 1.00 bits per heavy atom. The van der Waals surface area contributed by atoms with Gasteiger partial charge in [0.25, 0.3) is 17.7 Å². The lowest BCUT2D eigenvalue weighted by molar-refractivity contribution is -0.122. The number of hydrogen-bond acceptors (Lipinski definition) is 5. The van der Waals surface area contributed by atoms with Crippen LogP contribution in [0.4, 0.5) is 10.1 Å². The number of nitrogens with one attached hydrogen (secondary N) is 1. The third-order valence-electron chi connectivity index (χ3n) is 5.61. The number of imide groups is 1. The Morgan fingerprint density at radius 3 is 2.31 bits per heavy atom. The molecule has 1 saturated heterocycles. The Labute approximate surface area is 200 Å². The van der Waals surface area contributed by atoms with Crippen LogP contribution >= 0.6 is 0 Å². The zero-order valence-corrected chi connectivity index (χ0v) is 19.0. The maximum absolute atomic E-state index is 13.6. The van der Waals surface area contributed by atoms with E-state index in [0.29, 0.717) is 0 Å². The van der Waals surface area contributed by atoms with Crippen molar-refractivity contribution in [3.63, 3.8) is 0 Å². The number of aryl methyl sites for hydroxylation is 1. The summed E-state index contributed by atoms with van der Waals surface area (Å²) in [6.45, 7) is 1.87. The highest BCUT2D eigenvalue weighted by atomic mass is 19.1. The van der Waals surface area contributed by atoms with Gasteiger partial charge in [-0.25, -0.2) is 14.3 Å². The zero-order valence-electron chi connectivity index (χ0n) is 19.0. The molecule has 1 heterocycles. The number of hydrogen-bond donors (Lipinski definition) is 1. The number of nitrogens with zero attached hydrogens (tertiary/aromatic N) is 2. The number of para-hydroxylation sites is 1. The second-order valence-electron chi connectivity index (χ2n) is 7.95. The molecule has 4 amide bonds. The van der Waals surface area contributed by atoms with Crippen LogP contribution in [0, 0.1) is 12.7 Å². The van der Waals surface area contributed by atoms with Crippen LogP contribution in [0.5, 0.6) is 5.75 Å². The topological polar surface area (TPSA) is 96.0 Å². The summed E-state index contributed by atoms with van der Waals surface area (Å²) in [5.74, 6) is -2.96. The van der Waals surface area contributed by atoms with Gasteiger partial charge < -0.3 is 4.74 Å². The maximum Gasteiger partial charge on any atom is 0.276 e. The molecule has 4 rings (SSSR count). The molecule has 1 N–H and O–H groups in total. The largest absolute Gasteiger partial charge is 0.496 e. The van der Waals surface area contributed by atoms with E-state index in [4.69, 9.17) is 4.74 Å². The normalized spacial score (nSPS) is 15.2. The summed E-state index contributed by atoms with van der Waals surface area (Å²) in [7, 11) is 1.39. The number of halogens is 1. The Bertz CT molecular complexity index is 1290. The van der Waals surface area contributed by atoms with Crippen molar-refractivity contribution >= 4 is 29.3 Å². The van der Waals surface area contributed by atoms with Crippen molar-refractivity contribution in [2.75, 3.05) is 12.0 Å². The van der Waals surface area contributed by atoms with Crippen molar-refractivity contribution in [1.29, 1.82) is 0 Å². The Hall–Kier alpha value is -4.53. The molecule has 0 bridgehead atoms. The van der Waals surface area contributed by atoms with Crippen molar-refractivity contribution in [3.8, 4) is 5.75 Å². The van der Waals surface area contributed by atoms with Gasteiger partial charge in [0.1, 0.15) is 17.6 Å². The van der Waals surface area contributed by atoms with Gasteiger partial charge >= 0.3 is 0 Å². The van der Waals surface area contributed by atoms with Gasteiger partial charge in [0, 0.05) is 5.56 Å². The fourth-order valence-electron chi connectivity index (χ4n) is 3.78. The number of carbonyl (C=O) groups excluding carboxylic acids is 4. The minimum absolute atomic E-state index is 0.0969. The van der Waals surface area contributed by atoms with Crippen molar-refractivity contribution in [3.05, 3.63) is 95.3 Å². The van der Waals surface area contributed by atoms with Gasteiger partial charge in [-0.3, -0.25) is 24.6 Å². The van der Waals surface area contributed by atoms with Gasteiger partial charge in [-0.1, -0.05) is 29.8 Å². The molecule has 0 aliphatic carbocycles. The third kappa shape index (κ3) is 4.74. The molecular formula is C26H22FN3O5. The first-order valence-corrected chi connectivity index (χ1v) is 10.8. The van der Waals surface area contributed by atoms with Crippen LogP contribution in [0.2, 0.25) is 0 Å². The molecule has 1 fully saturated rings. The molecule has 8 nitrogen and oxygen atoms in total. The Kier molecular flexibility index (Phi) is 6.59. The fraction of sp³-hybridized carbons (Fsp3) is 0.154. The predicted molar refractivity (Wildman–Crippen MR) is 125 cm³/mol. The number of hydrazine groups is 1. The fourth-order valence-corrected chi connectivity index (χ4v) is 3.78. The molecule has 1 unspecified atom stereocenters. The number of amides is 4. The quantitative estimate of drug-likeness (QED) is 0.452. The van der Waals surface area contributed by atoms with E-state index in [0.717, 1.165) is 27.6 Å². The lowest BCUT2D eigenvalue weighted by atomic mass is 10.1. The molecule has 1 aliphatic rings.